The van der Waals surface area contributed by atoms with Gasteiger partial charge in [0.2, 0.25) is 21.8 Å². The highest BCUT2D eigenvalue weighted by Gasteiger charge is 2.41. The molecule has 16 heteroatoms. The van der Waals surface area contributed by atoms with Crippen LogP contribution in [0.1, 0.15) is 38.5 Å². The number of carbonyl (C=O) groups excluding carboxylic acids is 3. The number of piperazine rings is 1. The van der Waals surface area contributed by atoms with Crippen LogP contribution >= 0.6 is 23.2 Å². The van der Waals surface area contributed by atoms with E-state index in [1.807, 2.05) is 11.9 Å². The number of piperidine rings is 1. The minimum absolute atomic E-state index is 0.0643. The number of carboxylic acid groups (broad SMARTS) is 1. The van der Waals surface area contributed by atoms with Crippen LogP contribution in [0.25, 0.3) is 0 Å². The monoisotopic (exact) mass is 674 g/mol. The Kier molecular flexibility index (Phi) is 11.7. The fraction of sp³-hybridized carbons (Fsp3) is 0.643. The van der Waals surface area contributed by atoms with Crippen LogP contribution in [0.2, 0.25) is 10.0 Å². The van der Waals surface area contributed by atoms with Crippen LogP contribution < -0.4 is 10.6 Å². The summed E-state index contributed by atoms with van der Waals surface area (Å²) in [5, 5.41) is 15.5. The quantitative estimate of drug-likeness (QED) is 0.338. The number of halogens is 2. The number of carboxylic acids is 1. The van der Waals surface area contributed by atoms with Gasteiger partial charge in [-0.15, -0.1) is 0 Å². The number of likely N-dealkylation sites (tertiary alicyclic amines) is 1. The number of urea groups is 1. The predicted octanol–water partition coefficient (Wildman–Crippen LogP) is 1.69. The fourth-order valence-corrected chi connectivity index (χ4v) is 8.18. The molecule has 0 aromatic heterocycles. The van der Waals surface area contributed by atoms with E-state index < -0.39 is 34.0 Å². The second-order valence-electron chi connectivity index (χ2n) is 11.6. The molecule has 3 aliphatic heterocycles. The van der Waals surface area contributed by atoms with Crippen LogP contribution in [0, 0.1) is 5.92 Å². The van der Waals surface area contributed by atoms with Crippen molar-refractivity contribution in [2.45, 2.75) is 55.5 Å². The molecule has 1 aromatic rings. The minimum atomic E-state index is -4.13. The Balaban J connectivity index is 1.24. The summed E-state index contributed by atoms with van der Waals surface area (Å²) >= 11 is 12.0. The number of hydrogen-bond donors (Lipinski definition) is 3. The molecule has 2 atom stereocenters. The smallest absolute Gasteiger partial charge is 0.326 e. The second-order valence-corrected chi connectivity index (χ2v) is 14.4. The Morgan fingerprint density at radius 1 is 0.932 bits per heavy atom. The topological polar surface area (TPSA) is 160 Å². The molecule has 13 nitrogen and oxygen atoms in total. The van der Waals surface area contributed by atoms with Crippen molar-refractivity contribution < 1.29 is 32.7 Å². The molecule has 0 bridgehead atoms. The van der Waals surface area contributed by atoms with Crippen molar-refractivity contribution in [3.63, 3.8) is 0 Å². The summed E-state index contributed by atoms with van der Waals surface area (Å²) < 4.78 is 27.6. The van der Waals surface area contributed by atoms with Gasteiger partial charge in [-0.25, -0.2) is 18.0 Å². The van der Waals surface area contributed by atoms with Gasteiger partial charge in [-0.1, -0.05) is 23.2 Å². The van der Waals surface area contributed by atoms with Crippen molar-refractivity contribution in [3.8, 4) is 0 Å². The van der Waals surface area contributed by atoms with Crippen LogP contribution in [0.5, 0.6) is 0 Å². The number of rotatable bonds is 10. The van der Waals surface area contributed by atoms with E-state index in [1.165, 1.54) is 18.2 Å². The molecule has 244 valence electrons. The molecule has 4 rings (SSSR count). The van der Waals surface area contributed by atoms with Gasteiger partial charge >= 0.3 is 12.0 Å². The second kappa shape index (κ2) is 15.1. The molecule has 3 aliphatic rings. The summed E-state index contributed by atoms with van der Waals surface area (Å²) in [5.41, 5.74) is 0. The molecule has 4 amide bonds. The SMILES string of the molecule is CN1CCN(C(=O)NCC2CCN(C(=O)CC[C@H](NC(=O)[C@@H]3CCCN3S(=O)(=O)c3cc(Cl)cc(Cl)c3)C(=O)O)CC2)CC1. The van der Waals surface area contributed by atoms with E-state index in [0.717, 1.165) is 30.2 Å². The van der Waals surface area contributed by atoms with E-state index in [2.05, 4.69) is 15.5 Å². The molecule has 3 fully saturated rings. The average molecular weight is 676 g/mol. The molecule has 1 aromatic carbocycles. The molecule has 0 unspecified atom stereocenters. The number of nitrogens with one attached hydrogen (secondary N) is 2. The lowest BCUT2D eigenvalue weighted by Crippen LogP contribution is -2.52. The number of sulfonamides is 1. The van der Waals surface area contributed by atoms with Gasteiger partial charge in [0, 0.05) is 68.8 Å². The third-order valence-electron chi connectivity index (χ3n) is 8.51. The van der Waals surface area contributed by atoms with Gasteiger partial charge in [0.15, 0.2) is 0 Å². The molecular weight excluding hydrogens is 635 g/mol. The molecule has 0 aliphatic carbocycles. The summed E-state index contributed by atoms with van der Waals surface area (Å²) in [7, 11) is -2.10. The molecule has 44 heavy (non-hydrogen) atoms. The average Bonchev–Trinajstić information content (AvgIpc) is 3.49. The summed E-state index contributed by atoms with van der Waals surface area (Å²) in [5.74, 6) is -2.02. The van der Waals surface area contributed by atoms with E-state index in [-0.39, 0.29) is 58.6 Å². The third-order valence-corrected chi connectivity index (χ3v) is 10.8. The summed E-state index contributed by atoms with van der Waals surface area (Å²) in [6.07, 6.45) is 1.85. The van der Waals surface area contributed by atoms with E-state index >= 15 is 0 Å². The van der Waals surface area contributed by atoms with Crippen LogP contribution in [-0.2, 0) is 24.4 Å². The number of carbonyl (C=O) groups is 4. The standard InChI is InChI=1S/C28H40Cl2N6O7S/c1-33-11-13-35(14-12-33)28(41)31-18-19-6-9-34(10-7-19)25(37)5-4-23(27(39)40)32-26(38)24-3-2-8-36(24)44(42,43)22-16-20(29)15-21(30)17-22/h15-17,19,23-24H,2-14,18H2,1H3,(H,31,41)(H,32,38)(H,39,40)/t23-,24-/m0/s1. The summed E-state index contributed by atoms with van der Waals surface area (Å²) in [6.45, 7) is 4.71. The number of benzene rings is 1. The number of nitrogens with zero attached hydrogens (tertiary/aromatic N) is 4. The van der Waals surface area contributed by atoms with Crippen LogP contribution in [0.3, 0.4) is 0 Å². The zero-order chi connectivity index (χ0) is 32.0. The number of amides is 4. The highest BCUT2D eigenvalue weighted by atomic mass is 35.5. The first kappa shape index (κ1) is 34.2. The first-order valence-corrected chi connectivity index (χ1v) is 17.0. The first-order chi connectivity index (χ1) is 20.8. The van der Waals surface area contributed by atoms with Gasteiger partial charge in [-0.05, 0) is 63.3 Å². The highest BCUT2D eigenvalue weighted by Crippen LogP contribution is 2.30. The molecule has 3 N–H and O–H groups in total. The normalized spacial score (nSPS) is 21.2. The van der Waals surface area contributed by atoms with E-state index in [1.54, 1.807) is 4.90 Å². The molecule has 0 radical (unpaired) electrons. The summed E-state index contributed by atoms with van der Waals surface area (Å²) in [4.78, 5) is 56.0. The molecular formula is C28H40Cl2N6O7S. The zero-order valence-electron chi connectivity index (χ0n) is 24.7. The van der Waals surface area contributed by atoms with Crippen LogP contribution in [0.4, 0.5) is 4.79 Å². The third kappa shape index (κ3) is 8.75. The first-order valence-electron chi connectivity index (χ1n) is 14.9. The number of aliphatic carboxylic acids is 1. The van der Waals surface area contributed by atoms with Crippen LogP contribution in [0.15, 0.2) is 23.1 Å². The predicted molar refractivity (Wildman–Crippen MR) is 164 cm³/mol. The number of likely N-dealkylation sites (N-methyl/N-ethyl adjacent to an activating group) is 1. The van der Waals surface area contributed by atoms with Gasteiger partial charge in [0.1, 0.15) is 12.1 Å². The lowest BCUT2D eigenvalue weighted by molar-refractivity contribution is -0.143. The van der Waals surface area contributed by atoms with Crippen molar-refractivity contribution >= 4 is 57.0 Å². The largest absolute Gasteiger partial charge is 0.480 e. The Labute approximate surface area is 267 Å². The Morgan fingerprint density at radius 2 is 1.57 bits per heavy atom. The maximum Gasteiger partial charge on any atom is 0.326 e. The van der Waals surface area contributed by atoms with Crippen molar-refractivity contribution in [2.24, 2.45) is 5.92 Å². The Morgan fingerprint density at radius 3 is 2.18 bits per heavy atom. The number of hydrogen-bond acceptors (Lipinski definition) is 7. The lowest BCUT2D eigenvalue weighted by atomic mass is 9.96. The van der Waals surface area contributed by atoms with Crippen molar-refractivity contribution in [1.29, 1.82) is 0 Å². The van der Waals surface area contributed by atoms with Gasteiger partial charge < -0.3 is 30.4 Å². The van der Waals surface area contributed by atoms with E-state index in [9.17, 15) is 32.7 Å². The molecule has 0 spiro atoms. The van der Waals surface area contributed by atoms with Crippen molar-refractivity contribution in [3.05, 3.63) is 28.2 Å². The van der Waals surface area contributed by atoms with E-state index in [0.29, 0.717) is 39.1 Å². The van der Waals surface area contributed by atoms with Crippen molar-refractivity contribution in [1.82, 2.24) is 29.6 Å². The lowest BCUT2D eigenvalue weighted by Gasteiger charge is -2.34. The Hall–Kier alpha value is -2.65. The van der Waals surface area contributed by atoms with Gasteiger partial charge in [0.25, 0.3) is 0 Å². The molecule has 0 saturated carbocycles. The van der Waals surface area contributed by atoms with Gasteiger partial charge in [0.05, 0.1) is 4.90 Å². The van der Waals surface area contributed by atoms with E-state index in [4.69, 9.17) is 23.2 Å². The maximum absolute atomic E-state index is 13.3. The van der Waals surface area contributed by atoms with Gasteiger partial charge in [-0.3, -0.25) is 9.59 Å². The molecule has 3 heterocycles. The van der Waals surface area contributed by atoms with Gasteiger partial charge in [-0.2, -0.15) is 4.31 Å². The summed E-state index contributed by atoms with van der Waals surface area (Å²) in [6, 6.07) is 1.36. The fourth-order valence-electron chi connectivity index (χ4n) is 5.79. The zero-order valence-corrected chi connectivity index (χ0v) is 27.0. The Bertz CT molecular complexity index is 1310. The molecule has 3 saturated heterocycles. The maximum atomic E-state index is 13.3. The van der Waals surface area contributed by atoms with Crippen LogP contribution in [-0.4, -0.2) is 128 Å². The highest BCUT2D eigenvalue weighted by molar-refractivity contribution is 7.89. The minimum Gasteiger partial charge on any atom is -0.480 e. The van der Waals surface area contributed by atoms with Crippen molar-refractivity contribution in [2.75, 3.05) is 59.4 Å².